The molecule has 0 aromatic heterocycles. The lowest BCUT2D eigenvalue weighted by atomic mass is 10.1. The van der Waals surface area contributed by atoms with Crippen LogP contribution in [0.4, 0.5) is 11.4 Å². The van der Waals surface area contributed by atoms with Gasteiger partial charge >= 0.3 is 5.97 Å². The molecular weight excluding hydrogens is 384 g/mol. The highest BCUT2D eigenvalue weighted by atomic mass is 16.5. The van der Waals surface area contributed by atoms with Gasteiger partial charge in [-0.3, -0.25) is 9.59 Å². The Hall–Kier alpha value is -4.13. The standard InChI is InChI=1S/C23H20N2O5/c1-2-30-18-7-5-6-16(14-18)22(27)24-17-12-10-15(11-13-17)21(26)25-20-9-4-3-8-19(20)23(28)29/h3-14H,2H2,1H3,(H,24,27)(H,25,26)(H,28,29). The highest BCUT2D eigenvalue weighted by molar-refractivity contribution is 6.08. The van der Waals surface area contributed by atoms with Gasteiger partial charge in [0.2, 0.25) is 0 Å². The lowest BCUT2D eigenvalue weighted by molar-refractivity contribution is 0.0697. The second-order valence-electron chi connectivity index (χ2n) is 6.30. The predicted molar refractivity (Wildman–Crippen MR) is 113 cm³/mol. The van der Waals surface area contributed by atoms with Crippen LogP contribution >= 0.6 is 0 Å². The number of hydrogen-bond acceptors (Lipinski definition) is 4. The summed E-state index contributed by atoms with van der Waals surface area (Å²) in [5.74, 6) is -1.27. The van der Waals surface area contributed by atoms with Crippen LogP contribution in [0.2, 0.25) is 0 Å². The third-order valence-corrected chi connectivity index (χ3v) is 4.22. The molecule has 7 heteroatoms. The van der Waals surface area contributed by atoms with Crippen molar-refractivity contribution in [3.05, 3.63) is 89.5 Å². The summed E-state index contributed by atoms with van der Waals surface area (Å²) in [4.78, 5) is 36.1. The summed E-state index contributed by atoms with van der Waals surface area (Å²) in [5.41, 5.74) is 1.51. The van der Waals surface area contributed by atoms with E-state index in [2.05, 4.69) is 10.6 Å². The number of para-hydroxylation sites is 1. The number of carboxylic acids is 1. The molecular formula is C23H20N2O5. The number of rotatable bonds is 7. The summed E-state index contributed by atoms with van der Waals surface area (Å²) in [7, 11) is 0. The van der Waals surface area contributed by atoms with E-state index < -0.39 is 11.9 Å². The summed E-state index contributed by atoms with van der Waals surface area (Å²) >= 11 is 0. The third-order valence-electron chi connectivity index (χ3n) is 4.22. The largest absolute Gasteiger partial charge is 0.494 e. The number of amides is 2. The molecule has 0 unspecified atom stereocenters. The zero-order valence-electron chi connectivity index (χ0n) is 16.2. The van der Waals surface area contributed by atoms with E-state index in [-0.39, 0.29) is 17.2 Å². The first-order chi connectivity index (χ1) is 14.5. The van der Waals surface area contributed by atoms with E-state index in [0.717, 1.165) is 0 Å². The number of nitrogens with one attached hydrogen (secondary N) is 2. The molecule has 30 heavy (non-hydrogen) atoms. The van der Waals surface area contributed by atoms with E-state index in [1.807, 2.05) is 6.92 Å². The lowest BCUT2D eigenvalue weighted by Crippen LogP contribution is -2.15. The van der Waals surface area contributed by atoms with Gasteiger partial charge in [0.25, 0.3) is 11.8 Å². The molecule has 0 aliphatic rings. The highest BCUT2D eigenvalue weighted by Gasteiger charge is 2.13. The Kier molecular flexibility index (Phi) is 6.44. The van der Waals surface area contributed by atoms with Crippen molar-refractivity contribution in [2.45, 2.75) is 6.92 Å². The van der Waals surface area contributed by atoms with Crippen molar-refractivity contribution in [3.8, 4) is 5.75 Å². The van der Waals surface area contributed by atoms with Gasteiger partial charge in [0.05, 0.1) is 17.9 Å². The van der Waals surface area contributed by atoms with E-state index in [4.69, 9.17) is 4.74 Å². The molecule has 0 radical (unpaired) electrons. The molecule has 0 aliphatic heterocycles. The number of anilines is 2. The molecule has 3 aromatic rings. The van der Waals surface area contributed by atoms with E-state index in [1.165, 1.54) is 12.1 Å². The number of benzene rings is 3. The Labute approximate surface area is 173 Å². The molecule has 0 bridgehead atoms. The minimum Gasteiger partial charge on any atom is -0.494 e. The zero-order valence-corrected chi connectivity index (χ0v) is 16.2. The molecule has 0 spiro atoms. The summed E-state index contributed by atoms with van der Waals surface area (Å²) in [5, 5.41) is 14.6. The summed E-state index contributed by atoms with van der Waals surface area (Å²) in [6.07, 6.45) is 0. The van der Waals surface area contributed by atoms with Gasteiger partial charge in [-0.05, 0) is 61.5 Å². The van der Waals surface area contributed by atoms with Gasteiger partial charge in [-0.25, -0.2) is 4.79 Å². The van der Waals surface area contributed by atoms with Gasteiger partial charge < -0.3 is 20.5 Å². The molecule has 0 saturated carbocycles. The summed E-state index contributed by atoms with van der Waals surface area (Å²) in [6, 6.07) is 19.3. The molecule has 2 amide bonds. The highest BCUT2D eigenvalue weighted by Crippen LogP contribution is 2.18. The molecule has 3 aromatic carbocycles. The van der Waals surface area contributed by atoms with Crippen molar-refractivity contribution in [1.82, 2.24) is 0 Å². The van der Waals surface area contributed by atoms with Gasteiger partial charge in [0.1, 0.15) is 5.75 Å². The topological polar surface area (TPSA) is 105 Å². The Morgan fingerprint density at radius 3 is 2.23 bits per heavy atom. The van der Waals surface area contributed by atoms with Crippen molar-refractivity contribution in [3.63, 3.8) is 0 Å². The van der Waals surface area contributed by atoms with E-state index in [0.29, 0.717) is 29.2 Å². The van der Waals surface area contributed by atoms with Crippen LogP contribution in [0, 0.1) is 0 Å². The fourth-order valence-corrected chi connectivity index (χ4v) is 2.78. The average Bonchev–Trinajstić information content (AvgIpc) is 2.75. The number of ether oxygens (including phenoxy) is 1. The van der Waals surface area contributed by atoms with Crippen LogP contribution in [-0.4, -0.2) is 29.5 Å². The summed E-state index contributed by atoms with van der Waals surface area (Å²) < 4.78 is 5.40. The van der Waals surface area contributed by atoms with Gasteiger partial charge in [0.15, 0.2) is 0 Å². The third kappa shape index (κ3) is 5.02. The Morgan fingerprint density at radius 2 is 1.53 bits per heavy atom. The van der Waals surface area contributed by atoms with Gasteiger partial charge in [0, 0.05) is 16.8 Å². The minimum atomic E-state index is -1.13. The molecule has 0 saturated heterocycles. The maximum absolute atomic E-state index is 12.4. The number of carboxylic acid groups (broad SMARTS) is 1. The molecule has 7 nitrogen and oxygen atoms in total. The zero-order chi connectivity index (χ0) is 21.5. The molecule has 0 heterocycles. The smallest absolute Gasteiger partial charge is 0.337 e. The Bertz CT molecular complexity index is 1080. The fraction of sp³-hybridized carbons (Fsp3) is 0.0870. The van der Waals surface area contributed by atoms with Crippen LogP contribution in [0.25, 0.3) is 0 Å². The maximum atomic E-state index is 12.4. The summed E-state index contributed by atoms with van der Waals surface area (Å²) in [6.45, 7) is 2.37. The Morgan fingerprint density at radius 1 is 0.833 bits per heavy atom. The molecule has 0 fully saturated rings. The quantitative estimate of drug-likeness (QED) is 0.545. The van der Waals surface area contributed by atoms with Crippen molar-refractivity contribution in [2.75, 3.05) is 17.2 Å². The van der Waals surface area contributed by atoms with Crippen LogP contribution in [0.5, 0.6) is 5.75 Å². The number of hydrogen-bond donors (Lipinski definition) is 3. The molecule has 0 aliphatic carbocycles. The van der Waals surface area contributed by atoms with Crippen molar-refractivity contribution in [2.24, 2.45) is 0 Å². The number of carbonyl (C=O) groups excluding carboxylic acids is 2. The molecule has 3 N–H and O–H groups in total. The normalized spacial score (nSPS) is 10.2. The van der Waals surface area contributed by atoms with E-state index >= 15 is 0 Å². The fourth-order valence-electron chi connectivity index (χ4n) is 2.78. The maximum Gasteiger partial charge on any atom is 0.337 e. The van der Waals surface area contributed by atoms with E-state index in [9.17, 15) is 19.5 Å². The number of aromatic carboxylic acids is 1. The second-order valence-corrected chi connectivity index (χ2v) is 6.30. The first-order valence-electron chi connectivity index (χ1n) is 9.26. The van der Waals surface area contributed by atoms with Crippen LogP contribution in [0.15, 0.2) is 72.8 Å². The van der Waals surface area contributed by atoms with Gasteiger partial charge in [-0.15, -0.1) is 0 Å². The molecule has 3 rings (SSSR count). The van der Waals surface area contributed by atoms with Crippen LogP contribution in [0.1, 0.15) is 38.0 Å². The number of carbonyl (C=O) groups is 3. The predicted octanol–water partition coefficient (Wildman–Crippen LogP) is 4.29. The van der Waals surface area contributed by atoms with Crippen molar-refractivity contribution >= 4 is 29.2 Å². The van der Waals surface area contributed by atoms with E-state index in [1.54, 1.807) is 60.7 Å². The van der Waals surface area contributed by atoms with Crippen LogP contribution in [0.3, 0.4) is 0 Å². The Balaban J connectivity index is 1.68. The average molecular weight is 404 g/mol. The van der Waals surface area contributed by atoms with Gasteiger partial charge in [-0.1, -0.05) is 18.2 Å². The SMILES string of the molecule is CCOc1cccc(C(=O)Nc2ccc(C(=O)Nc3ccccc3C(=O)O)cc2)c1. The van der Waals surface area contributed by atoms with Crippen LogP contribution in [-0.2, 0) is 0 Å². The minimum absolute atomic E-state index is 0.00372. The monoisotopic (exact) mass is 404 g/mol. The first kappa shape index (κ1) is 20.6. The van der Waals surface area contributed by atoms with Crippen molar-refractivity contribution < 1.29 is 24.2 Å². The van der Waals surface area contributed by atoms with Gasteiger partial charge in [-0.2, -0.15) is 0 Å². The van der Waals surface area contributed by atoms with Crippen molar-refractivity contribution in [1.29, 1.82) is 0 Å². The lowest BCUT2D eigenvalue weighted by Gasteiger charge is -2.10. The first-order valence-corrected chi connectivity index (χ1v) is 9.26. The molecule has 152 valence electrons. The second kappa shape index (κ2) is 9.38. The molecule has 0 atom stereocenters. The van der Waals surface area contributed by atoms with Crippen LogP contribution < -0.4 is 15.4 Å².